The summed E-state index contributed by atoms with van der Waals surface area (Å²) in [4.78, 5) is 32.7. The number of aromatic amines is 1. The van der Waals surface area contributed by atoms with Crippen molar-refractivity contribution in [3.63, 3.8) is 0 Å². The number of hydrogen-bond donors (Lipinski definition) is 2. The second-order valence-electron chi connectivity index (χ2n) is 9.22. The second kappa shape index (κ2) is 10.6. The third-order valence-corrected chi connectivity index (χ3v) is 6.69. The molecule has 2 N–H and O–H groups in total. The van der Waals surface area contributed by atoms with E-state index < -0.39 is 0 Å². The Bertz CT molecular complexity index is 1330. The maximum atomic E-state index is 13.2. The van der Waals surface area contributed by atoms with Gasteiger partial charge in [0.15, 0.2) is 0 Å². The summed E-state index contributed by atoms with van der Waals surface area (Å²) in [6, 6.07) is 17.4. The average Bonchev–Trinajstić information content (AvgIpc) is 3.59. The summed E-state index contributed by atoms with van der Waals surface area (Å²) in [6.45, 7) is 2.95. The molecule has 184 valence electrons. The van der Waals surface area contributed by atoms with Gasteiger partial charge in [-0.15, -0.1) is 0 Å². The van der Waals surface area contributed by atoms with E-state index in [1.807, 2.05) is 64.2 Å². The number of imidazole rings is 1. The summed E-state index contributed by atoms with van der Waals surface area (Å²) in [5, 5.41) is 9.75. The minimum atomic E-state index is -0.257. The number of rotatable bonds is 7. The average molecular weight is 483 g/mol. The molecule has 0 bridgehead atoms. The number of nitrogens with one attached hydrogen (secondary N) is 2. The van der Waals surface area contributed by atoms with Crippen LogP contribution in [0.25, 0.3) is 16.8 Å². The smallest absolute Gasteiger partial charge is 0.258 e. The van der Waals surface area contributed by atoms with Crippen LogP contribution < -0.4 is 5.32 Å². The summed E-state index contributed by atoms with van der Waals surface area (Å²) < 4.78 is 1.86. The minimum Gasteiger partial charge on any atom is -0.340 e. The number of piperidine rings is 1. The normalized spacial score (nSPS) is 15.6. The number of nitrogens with zero attached hydrogens (tertiary/aromatic N) is 4. The Morgan fingerprint density at radius 1 is 1.08 bits per heavy atom. The van der Waals surface area contributed by atoms with Gasteiger partial charge in [-0.05, 0) is 56.0 Å². The van der Waals surface area contributed by atoms with Gasteiger partial charge in [0.25, 0.3) is 5.91 Å². The molecule has 4 aromatic rings. The Kier molecular flexibility index (Phi) is 6.93. The van der Waals surface area contributed by atoms with E-state index in [0.717, 1.165) is 41.9 Å². The quantitative estimate of drug-likeness (QED) is 0.394. The molecule has 2 aromatic heterocycles. The molecule has 0 aliphatic carbocycles. The SMILES string of the molecule is C[C@@H]1CCCCN1C(=O)CCc1cn(-c2ccccc2)c(NC(=O)c2cccc(-c3cn[nH]c3)c2)n1. The number of aryl methyl sites for hydroxylation is 1. The van der Waals surface area contributed by atoms with E-state index in [9.17, 15) is 9.59 Å². The highest BCUT2D eigenvalue weighted by Gasteiger charge is 2.23. The Morgan fingerprint density at radius 2 is 1.94 bits per heavy atom. The molecule has 3 heterocycles. The monoisotopic (exact) mass is 482 g/mol. The van der Waals surface area contributed by atoms with Crippen molar-refractivity contribution in [1.29, 1.82) is 0 Å². The van der Waals surface area contributed by atoms with Gasteiger partial charge in [-0.25, -0.2) is 4.98 Å². The van der Waals surface area contributed by atoms with Crippen LogP contribution >= 0.6 is 0 Å². The third-order valence-electron chi connectivity index (χ3n) is 6.69. The highest BCUT2D eigenvalue weighted by atomic mass is 16.2. The highest BCUT2D eigenvalue weighted by molar-refractivity contribution is 6.04. The van der Waals surface area contributed by atoms with Crippen molar-refractivity contribution in [1.82, 2.24) is 24.6 Å². The molecule has 1 fully saturated rings. The maximum Gasteiger partial charge on any atom is 0.258 e. The third kappa shape index (κ3) is 5.22. The highest BCUT2D eigenvalue weighted by Crippen LogP contribution is 2.22. The first kappa shape index (κ1) is 23.5. The molecule has 8 nitrogen and oxygen atoms in total. The number of carbonyl (C=O) groups excluding carboxylic acids is 2. The van der Waals surface area contributed by atoms with Gasteiger partial charge >= 0.3 is 0 Å². The van der Waals surface area contributed by atoms with Crippen molar-refractivity contribution in [2.75, 3.05) is 11.9 Å². The maximum absolute atomic E-state index is 13.2. The summed E-state index contributed by atoms with van der Waals surface area (Å²) in [6.07, 6.45) is 9.63. The zero-order chi connectivity index (χ0) is 24.9. The molecule has 0 radical (unpaired) electrons. The van der Waals surface area contributed by atoms with Crippen LogP contribution in [0.4, 0.5) is 5.95 Å². The van der Waals surface area contributed by atoms with Crippen LogP contribution in [0.5, 0.6) is 0 Å². The molecule has 1 saturated heterocycles. The number of para-hydroxylation sites is 1. The summed E-state index contributed by atoms with van der Waals surface area (Å²) in [5.74, 6) is 0.333. The lowest BCUT2D eigenvalue weighted by Gasteiger charge is -2.33. The Balaban J connectivity index is 1.35. The Morgan fingerprint density at radius 3 is 2.72 bits per heavy atom. The summed E-state index contributed by atoms with van der Waals surface area (Å²) in [5.41, 5.74) is 3.97. The van der Waals surface area contributed by atoms with Crippen LogP contribution in [-0.4, -0.2) is 49.0 Å². The fourth-order valence-electron chi connectivity index (χ4n) is 4.69. The summed E-state index contributed by atoms with van der Waals surface area (Å²) >= 11 is 0. The number of hydrogen-bond acceptors (Lipinski definition) is 4. The van der Waals surface area contributed by atoms with E-state index in [1.54, 1.807) is 18.5 Å². The van der Waals surface area contributed by atoms with Crippen LogP contribution in [0.15, 0.2) is 73.2 Å². The Hall–Kier alpha value is -4.20. The topological polar surface area (TPSA) is 95.9 Å². The number of likely N-dealkylation sites (tertiary alicyclic amines) is 1. The van der Waals surface area contributed by atoms with Crippen LogP contribution in [0.1, 0.15) is 48.7 Å². The number of anilines is 1. The first-order valence-corrected chi connectivity index (χ1v) is 12.4. The fraction of sp³-hybridized carbons (Fsp3) is 0.286. The van der Waals surface area contributed by atoms with E-state index in [2.05, 4.69) is 22.4 Å². The molecule has 5 rings (SSSR count). The standard InChI is InChI=1S/C28H30N6O2/c1-20-8-5-6-15-33(20)26(35)14-13-24-19-34(25-11-3-2-4-12-25)28(31-24)32-27(36)22-10-7-9-21(16-22)23-17-29-30-18-23/h2-4,7,9-12,16-20H,5-6,8,13-15H2,1H3,(H,29,30)(H,31,32,36)/t20-/m1/s1. The van der Waals surface area contributed by atoms with Crippen LogP contribution in [0, 0.1) is 0 Å². The molecule has 1 aliphatic rings. The molecule has 2 aromatic carbocycles. The van der Waals surface area contributed by atoms with E-state index in [0.29, 0.717) is 30.4 Å². The van der Waals surface area contributed by atoms with Crippen molar-refractivity contribution in [3.8, 4) is 16.8 Å². The fourth-order valence-corrected chi connectivity index (χ4v) is 4.69. The predicted octanol–water partition coefficient (Wildman–Crippen LogP) is 4.85. The first-order valence-electron chi connectivity index (χ1n) is 12.4. The van der Waals surface area contributed by atoms with E-state index >= 15 is 0 Å². The predicted molar refractivity (Wildman–Crippen MR) is 139 cm³/mol. The number of H-pyrrole nitrogens is 1. The van der Waals surface area contributed by atoms with Crippen molar-refractivity contribution < 1.29 is 9.59 Å². The first-order chi connectivity index (χ1) is 17.6. The van der Waals surface area contributed by atoms with Crippen molar-refractivity contribution in [3.05, 3.63) is 84.4 Å². The number of amides is 2. The molecule has 0 spiro atoms. The van der Waals surface area contributed by atoms with Gasteiger partial charge in [-0.3, -0.25) is 24.6 Å². The van der Waals surface area contributed by atoms with E-state index in [1.165, 1.54) is 6.42 Å². The van der Waals surface area contributed by atoms with E-state index in [-0.39, 0.29) is 11.8 Å². The number of aromatic nitrogens is 4. The zero-order valence-electron chi connectivity index (χ0n) is 20.4. The van der Waals surface area contributed by atoms with Gasteiger partial charge in [0.2, 0.25) is 11.9 Å². The lowest BCUT2D eigenvalue weighted by molar-refractivity contribution is -0.134. The van der Waals surface area contributed by atoms with Gasteiger partial charge in [0, 0.05) is 54.6 Å². The number of benzene rings is 2. The molecular formula is C28H30N6O2. The van der Waals surface area contributed by atoms with Crippen molar-refractivity contribution in [2.24, 2.45) is 0 Å². The molecule has 0 saturated carbocycles. The molecule has 1 aliphatic heterocycles. The van der Waals surface area contributed by atoms with Crippen LogP contribution in [0.2, 0.25) is 0 Å². The molecule has 36 heavy (non-hydrogen) atoms. The van der Waals surface area contributed by atoms with Crippen molar-refractivity contribution in [2.45, 2.75) is 45.1 Å². The lowest BCUT2D eigenvalue weighted by atomic mass is 10.0. The van der Waals surface area contributed by atoms with Gasteiger partial charge in [0.05, 0.1) is 11.9 Å². The van der Waals surface area contributed by atoms with Crippen LogP contribution in [0.3, 0.4) is 0 Å². The number of carbonyl (C=O) groups is 2. The second-order valence-corrected chi connectivity index (χ2v) is 9.22. The van der Waals surface area contributed by atoms with Crippen LogP contribution in [-0.2, 0) is 11.2 Å². The molecule has 8 heteroatoms. The van der Waals surface area contributed by atoms with E-state index in [4.69, 9.17) is 4.98 Å². The summed E-state index contributed by atoms with van der Waals surface area (Å²) in [7, 11) is 0. The largest absolute Gasteiger partial charge is 0.340 e. The van der Waals surface area contributed by atoms with Gasteiger partial charge in [-0.1, -0.05) is 30.3 Å². The molecule has 2 amide bonds. The lowest BCUT2D eigenvalue weighted by Crippen LogP contribution is -2.42. The zero-order valence-corrected chi connectivity index (χ0v) is 20.4. The van der Waals surface area contributed by atoms with Gasteiger partial charge < -0.3 is 4.90 Å². The molecule has 0 unspecified atom stereocenters. The van der Waals surface area contributed by atoms with Gasteiger partial charge in [-0.2, -0.15) is 5.10 Å². The van der Waals surface area contributed by atoms with Gasteiger partial charge in [0.1, 0.15) is 0 Å². The Labute approximate surface area is 210 Å². The van der Waals surface area contributed by atoms with Crippen molar-refractivity contribution >= 4 is 17.8 Å². The minimum absolute atomic E-state index is 0.165. The molecule has 1 atom stereocenters. The molecular weight excluding hydrogens is 452 g/mol.